The average molecular weight is 452 g/mol. The Morgan fingerprint density at radius 1 is 0.676 bits per heavy atom. The fourth-order valence-corrected chi connectivity index (χ4v) is 4.85. The molecule has 5 rings (SSSR count). The maximum atomic E-state index is 13.7. The van der Waals surface area contributed by atoms with Crippen LogP contribution < -0.4 is 15.1 Å². The quantitative estimate of drug-likeness (QED) is 0.513. The molecule has 34 heavy (non-hydrogen) atoms. The highest BCUT2D eigenvalue weighted by Crippen LogP contribution is 2.35. The lowest BCUT2D eigenvalue weighted by Crippen LogP contribution is -2.32. The molecule has 2 aliphatic heterocycles. The monoisotopic (exact) mass is 451 g/mol. The molecule has 0 aliphatic carbocycles. The number of nitrogens with one attached hydrogen (secondary N) is 1. The predicted molar refractivity (Wildman–Crippen MR) is 138 cm³/mol. The van der Waals surface area contributed by atoms with Gasteiger partial charge >= 0.3 is 0 Å². The third-order valence-corrected chi connectivity index (χ3v) is 6.49. The zero-order valence-corrected chi connectivity index (χ0v) is 19.9. The summed E-state index contributed by atoms with van der Waals surface area (Å²) in [5.41, 5.74) is 7.21. The van der Waals surface area contributed by atoms with Crippen molar-refractivity contribution < 1.29 is 9.59 Å². The Morgan fingerprint density at radius 3 is 1.88 bits per heavy atom. The van der Waals surface area contributed by atoms with Crippen molar-refractivity contribution in [1.82, 2.24) is 0 Å². The van der Waals surface area contributed by atoms with Gasteiger partial charge in [-0.2, -0.15) is 0 Å². The Hall–Kier alpha value is -3.86. The highest BCUT2D eigenvalue weighted by molar-refractivity contribution is 6.46. The van der Waals surface area contributed by atoms with Crippen LogP contribution in [0, 0.1) is 20.8 Å². The molecule has 5 nitrogen and oxygen atoms in total. The van der Waals surface area contributed by atoms with Gasteiger partial charge in [-0.3, -0.25) is 9.59 Å². The van der Waals surface area contributed by atoms with E-state index in [1.54, 1.807) is 0 Å². The summed E-state index contributed by atoms with van der Waals surface area (Å²) in [6.07, 6.45) is 2.39. The van der Waals surface area contributed by atoms with Crippen molar-refractivity contribution in [2.24, 2.45) is 0 Å². The molecule has 0 spiro atoms. The van der Waals surface area contributed by atoms with Crippen LogP contribution in [0.2, 0.25) is 0 Å². The van der Waals surface area contributed by atoms with Crippen molar-refractivity contribution >= 4 is 34.4 Å². The number of aryl methyl sites for hydroxylation is 3. The van der Waals surface area contributed by atoms with Gasteiger partial charge in [0.05, 0.1) is 11.3 Å². The minimum Gasteiger partial charge on any atom is -0.372 e. The van der Waals surface area contributed by atoms with Crippen molar-refractivity contribution in [2.45, 2.75) is 33.6 Å². The Kier molecular flexibility index (Phi) is 5.70. The fraction of sp³-hybridized carbons (Fsp3) is 0.241. The van der Waals surface area contributed by atoms with E-state index in [0.29, 0.717) is 17.0 Å². The lowest BCUT2D eigenvalue weighted by molar-refractivity contribution is -0.120. The van der Waals surface area contributed by atoms with Gasteiger partial charge in [0.1, 0.15) is 5.70 Å². The van der Waals surface area contributed by atoms with Gasteiger partial charge in [0.15, 0.2) is 0 Å². The van der Waals surface area contributed by atoms with Crippen LogP contribution in [0.4, 0.5) is 17.1 Å². The van der Waals surface area contributed by atoms with Gasteiger partial charge < -0.3 is 10.2 Å². The number of hydrogen-bond donors (Lipinski definition) is 1. The van der Waals surface area contributed by atoms with Crippen LogP contribution in [0.1, 0.15) is 35.1 Å². The summed E-state index contributed by atoms with van der Waals surface area (Å²) in [6.45, 7) is 8.13. The molecule has 1 fully saturated rings. The summed E-state index contributed by atoms with van der Waals surface area (Å²) in [7, 11) is 0. The number of nitrogens with zero attached hydrogens (tertiary/aromatic N) is 2. The molecule has 2 heterocycles. The molecule has 2 aliphatic rings. The van der Waals surface area contributed by atoms with Crippen molar-refractivity contribution in [3.63, 3.8) is 0 Å². The molecule has 1 N–H and O–H groups in total. The smallest absolute Gasteiger partial charge is 0.282 e. The summed E-state index contributed by atoms with van der Waals surface area (Å²) < 4.78 is 0. The molecule has 0 atom stereocenters. The molecular formula is C29H29N3O2. The minimum absolute atomic E-state index is 0.308. The molecule has 172 valence electrons. The van der Waals surface area contributed by atoms with Gasteiger partial charge in [0, 0.05) is 24.5 Å². The highest BCUT2D eigenvalue weighted by Gasteiger charge is 2.40. The van der Waals surface area contributed by atoms with E-state index in [9.17, 15) is 9.59 Å². The first-order chi connectivity index (χ1) is 16.4. The molecule has 0 unspecified atom stereocenters. The summed E-state index contributed by atoms with van der Waals surface area (Å²) in [5, 5.41) is 3.28. The Morgan fingerprint density at radius 2 is 1.26 bits per heavy atom. The van der Waals surface area contributed by atoms with Crippen molar-refractivity contribution in [1.29, 1.82) is 0 Å². The van der Waals surface area contributed by atoms with E-state index in [2.05, 4.69) is 16.3 Å². The van der Waals surface area contributed by atoms with Crippen LogP contribution in [0.25, 0.3) is 5.57 Å². The standard InChI is InChI=1S/C29H29N3O2/c1-19-6-8-22(9-7-19)26-27(30-23-17-20(2)16-21(3)18-23)29(34)32(28(26)33)25-12-10-24(11-13-25)31-14-4-5-15-31/h6-13,16-18,30H,4-5,14-15H2,1-3H3. The minimum atomic E-state index is -0.339. The normalized spacial score (nSPS) is 16.1. The number of rotatable bonds is 5. The second-order valence-electron chi connectivity index (χ2n) is 9.27. The SMILES string of the molecule is Cc1ccc(C2=C(Nc3cc(C)cc(C)c3)C(=O)N(c3ccc(N4CCCC4)cc3)C2=O)cc1. The van der Waals surface area contributed by atoms with E-state index in [0.717, 1.165) is 46.7 Å². The van der Waals surface area contributed by atoms with E-state index in [1.165, 1.54) is 17.7 Å². The maximum Gasteiger partial charge on any atom is 0.282 e. The Balaban J connectivity index is 1.53. The second-order valence-corrected chi connectivity index (χ2v) is 9.27. The molecule has 0 aromatic heterocycles. The van der Waals surface area contributed by atoms with Crippen LogP contribution in [0.5, 0.6) is 0 Å². The number of hydrogen-bond acceptors (Lipinski definition) is 4. The van der Waals surface area contributed by atoms with Gasteiger partial charge in [-0.05, 0) is 86.7 Å². The first-order valence-electron chi connectivity index (χ1n) is 11.8. The van der Waals surface area contributed by atoms with E-state index in [4.69, 9.17) is 0 Å². The van der Waals surface area contributed by atoms with Crippen molar-refractivity contribution in [3.05, 3.63) is 94.7 Å². The lowest BCUT2D eigenvalue weighted by atomic mass is 10.0. The van der Waals surface area contributed by atoms with Crippen LogP contribution >= 0.6 is 0 Å². The van der Waals surface area contributed by atoms with Gasteiger partial charge in [0.25, 0.3) is 11.8 Å². The van der Waals surface area contributed by atoms with Gasteiger partial charge in [-0.1, -0.05) is 35.9 Å². The molecule has 0 radical (unpaired) electrons. The zero-order valence-electron chi connectivity index (χ0n) is 19.9. The highest BCUT2D eigenvalue weighted by atomic mass is 16.2. The fourth-order valence-electron chi connectivity index (χ4n) is 4.85. The number of carbonyl (C=O) groups is 2. The molecule has 0 saturated carbocycles. The molecule has 3 aromatic rings. The van der Waals surface area contributed by atoms with Crippen LogP contribution in [0.15, 0.2) is 72.4 Å². The second kappa shape index (κ2) is 8.82. The number of anilines is 3. The van der Waals surface area contributed by atoms with Crippen molar-refractivity contribution in [3.8, 4) is 0 Å². The largest absolute Gasteiger partial charge is 0.372 e. The van der Waals surface area contributed by atoms with Gasteiger partial charge in [-0.15, -0.1) is 0 Å². The number of benzene rings is 3. The van der Waals surface area contributed by atoms with Gasteiger partial charge in [-0.25, -0.2) is 4.90 Å². The van der Waals surface area contributed by atoms with E-state index < -0.39 is 0 Å². The van der Waals surface area contributed by atoms with E-state index in [-0.39, 0.29) is 11.8 Å². The molecular weight excluding hydrogens is 422 g/mol. The molecule has 5 heteroatoms. The Bertz CT molecular complexity index is 1260. The number of carbonyl (C=O) groups excluding carboxylic acids is 2. The Labute approximate surface area is 200 Å². The number of amides is 2. The summed E-state index contributed by atoms with van der Waals surface area (Å²) in [6, 6.07) is 21.5. The average Bonchev–Trinajstić information content (AvgIpc) is 3.42. The third-order valence-electron chi connectivity index (χ3n) is 6.49. The van der Waals surface area contributed by atoms with Crippen LogP contribution in [0.3, 0.4) is 0 Å². The summed E-state index contributed by atoms with van der Waals surface area (Å²) >= 11 is 0. The maximum absolute atomic E-state index is 13.7. The number of imide groups is 1. The summed E-state index contributed by atoms with van der Waals surface area (Å²) in [4.78, 5) is 31.0. The first kappa shape index (κ1) is 22.0. The molecule has 1 saturated heterocycles. The molecule has 3 aromatic carbocycles. The van der Waals surface area contributed by atoms with Gasteiger partial charge in [0.2, 0.25) is 0 Å². The molecule has 2 amide bonds. The predicted octanol–water partition coefficient (Wildman–Crippen LogP) is 5.61. The van der Waals surface area contributed by atoms with Crippen molar-refractivity contribution in [2.75, 3.05) is 28.2 Å². The van der Waals surface area contributed by atoms with Crippen LogP contribution in [-0.2, 0) is 9.59 Å². The van der Waals surface area contributed by atoms with Crippen LogP contribution in [-0.4, -0.2) is 24.9 Å². The zero-order chi connectivity index (χ0) is 23.8. The molecule has 0 bridgehead atoms. The van der Waals surface area contributed by atoms with E-state index in [1.807, 2.05) is 81.4 Å². The topological polar surface area (TPSA) is 52.7 Å². The third kappa shape index (κ3) is 4.10. The first-order valence-corrected chi connectivity index (χ1v) is 11.8. The summed E-state index contributed by atoms with van der Waals surface area (Å²) in [5.74, 6) is -0.650. The van der Waals surface area contributed by atoms with E-state index >= 15 is 0 Å². The lowest BCUT2D eigenvalue weighted by Gasteiger charge is -2.20.